The molecule has 2 rings (SSSR count). The number of nitro groups is 1. The molecule has 9 heteroatoms. The van der Waals surface area contributed by atoms with Crippen molar-refractivity contribution >= 4 is 17.3 Å². The Hall–Kier alpha value is -2.35. The molecule has 0 spiro atoms. The number of nitro benzene ring substituents is 1. The molecule has 0 bridgehead atoms. The molecule has 0 amide bonds. The first kappa shape index (κ1) is 16.0. The van der Waals surface area contributed by atoms with Crippen LogP contribution in [0.25, 0.3) is 0 Å². The summed E-state index contributed by atoms with van der Waals surface area (Å²) in [5.41, 5.74) is -1.60. The maximum atomic E-state index is 13.1. The second kappa shape index (κ2) is 5.80. The van der Waals surface area contributed by atoms with Gasteiger partial charge in [0.2, 0.25) is 5.75 Å². The van der Waals surface area contributed by atoms with Crippen LogP contribution in [-0.4, -0.2) is 4.92 Å². The summed E-state index contributed by atoms with van der Waals surface area (Å²) in [4.78, 5) is 10.00. The van der Waals surface area contributed by atoms with Crippen molar-refractivity contribution < 1.29 is 27.2 Å². The summed E-state index contributed by atoms with van der Waals surface area (Å²) in [7, 11) is 0. The van der Waals surface area contributed by atoms with Crippen molar-refractivity contribution in [3.8, 4) is 11.5 Å². The maximum absolute atomic E-state index is 13.1. The highest BCUT2D eigenvalue weighted by Crippen LogP contribution is 2.38. The monoisotopic (exact) mass is 335 g/mol. The Morgan fingerprint density at radius 1 is 1.14 bits per heavy atom. The Kier molecular flexibility index (Phi) is 4.23. The van der Waals surface area contributed by atoms with E-state index in [2.05, 4.69) is 0 Å². The number of nitrogens with zero attached hydrogens (tertiary/aromatic N) is 1. The highest BCUT2D eigenvalue weighted by atomic mass is 35.5. The highest BCUT2D eigenvalue weighted by Gasteiger charge is 2.33. The molecule has 2 aromatic carbocycles. The SMILES string of the molecule is O=[N+]([O-])c1ccc(F)cc1Oc1ccc(C(F)(F)F)c(Cl)c1. The number of rotatable bonds is 3. The topological polar surface area (TPSA) is 52.4 Å². The fraction of sp³-hybridized carbons (Fsp3) is 0.0769. The van der Waals surface area contributed by atoms with E-state index in [1.54, 1.807) is 0 Å². The quantitative estimate of drug-likeness (QED) is 0.440. The molecule has 0 radical (unpaired) electrons. The van der Waals surface area contributed by atoms with Crippen molar-refractivity contribution in [1.82, 2.24) is 0 Å². The molecule has 0 saturated heterocycles. The van der Waals surface area contributed by atoms with E-state index in [0.29, 0.717) is 6.07 Å². The molecule has 0 aromatic heterocycles. The number of hydrogen-bond acceptors (Lipinski definition) is 3. The van der Waals surface area contributed by atoms with Crippen LogP contribution in [0.3, 0.4) is 0 Å². The number of alkyl halides is 3. The molecule has 22 heavy (non-hydrogen) atoms. The zero-order valence-electron chi connectivity index (χ0n) is 10.5. The van der Waals surface area contributed by atoms with Crippen LogP contribution in [0.1, 0.15) is 5.56 Å². The van der Waals surface area contributed by atoms with Crippen molar-refractivity contribution in [3.05, 3.63) is 62.9 Å². The number of hydrogen-bond donors (Lipinski definition) is 0. The number of ether oxygens (including phenoxy) is 1. The molecular formula is C13H6ClF4NO3. The average molecular weight is 336 g/mol. The summed E-state index contributed by atoms with van der Waals surface area (Å²) >= 11 is 5.51. The van der Waals surface area contributed by atoms with Gasteiger partial charge in [-0.05, 0) is 18.2 Å². The summed E-state index contributed by atoms with van der Waals surface area (Å²) in [6, 6.07) is 4.95. The minimum Gasteiger partial charge on any atom is -0.450 e. The van der Waals surface area contributed by atoms with Crippen LogP contribution in [0.4, 0.5) is 23.2 Å². The fourth-order valence-corrected chi connectivity index (χ4v) is 1.91. The van der Waals surface area contributed by atoms with Gasteiger partial charge in [0.1, 0.15) is 11.6 Å². The molecule has 0 aliphatic carbocycles. The van der Waals surface area contributed by atoms with Crippen LogP contribution in [0.15, 0.2) is 36.4 Å². The minimum atomic E-state index is -4.64. The third kappa shape index (κ3) is 3.45. The molecule has 0 heterocycles. The Bertz CT molecular complexity index is 734. The van der Waals surface area contributed by atoms with Gasteiger partial charge >= 0.3 is 11.9 Å². The lowest BCUT2D eigenvalue weighted by Crippen LogP contribution is -2.05. The molecule has 4 nitrogen and oxygen atoms in total. The van der Waals surface area contributed by atoms with Crippen molar-refractivity contribution in [2.75, 3.05) is 0 Å². The minimum absolute atomic E-state index is 0.188. The van der Waals surface area contributed by atoms with Crippen molar-refractivity contribution in [1.29, 1.82) is 0 Å². The molecule has 0 fully saturated rings. The first-order valence-electron chi connectivity index (χ1n) is 5.67. The van der Waals surface area contributed by atoms with Crippen LogP contribution in [0.5, 0.6) is 11.5 Å². The van der Waals surface area contributed by atoms with Gasteiger partial charge in [0.25, 0.3) is 0 Å². The van der Waals surface area contributed by atoms with E-state index in [9.17, 15) is 27.7 Å². The highest BCUT2D eigenvalue weighted by molar-refractivity contribution is 6.31. The van der Waals surface area contributed by atoms with Gasteiger partial charge in [0, 0.05) is 18.2 Å². The van der Waals surface area contributed by atoms with Gasteiger partial charge in [-0.3, -0.25) is 10.1 Å². The Labute approximate surface area is 126 Å². The molecule has 116 valence electrons. The van der Waals surface area contributed by atoms with Crippen LogP contribution in [0, 0.1) is 15.9 Å². The molecular weight excluding hydrogens is 330 g/mol. The van der Waals surface area contributed by atoms with E-state index in [4.69, 9.17) is 16.3 Å². The van der Waals surface area contributed by atoms with Crippen LogP contribution >= 0.6 is 11.6 Å². The normalized spacial score (nSPS) is 11.3. The van der Waals surface area contributed by atoms with Crippen LogP contribution in [-0.2, 0) is 6.18 Å². The second-order valence-corrected chi connectivity index (χ2v) is 4.52. The predicted molar refractivity (Wildman–Crippen MR) is 69.6 cm³/mol. The largest absolute Gasteiger partial charge is 0.450 e. The van der Waals surface area contributed by atoms with E-state index in [0.717, 1.165) is 30.3 Å². The summed E-state index contributed by atoms with van der Waals surface area (Å²) in [6.45, 7) is 0. The smallest absolute Gasteiger partial charge is 0.417 e. The maximum Gasteiger partial charge on any atom is 0.417 e. The predicted octanol–water partition coefficient (Wildman–Crippen LogP) is 5.20. The van der Waals surface area contributed by atoms with Gasteiger partial charge in [0.15, 0.2) is 0 Å². The lowest BCUT2D eigenvalue weighted by atomic mass is 10.2. The van der Waals surface area contributed by atoms with Gasteiger partial charge < -0.3 is 4.74 Å². The van der Waals surface area contributed by atoms with E-state index >= 15 is 0 Å². The third-order valence-electron chi connectivity index (χ3n) is 2.59. The molecule has 0 saturated carbocycles. The van der Waals surface area contributed by atoms with E-state index in [-0.39, 0.29) is 5.75 Å². The molecule has 0 N–H and O–H groups in total. The second-order valence-electron chi connectivity index (χ2n) is 4.11. The van der Waals surface area contributed by atoms with Gasteiger partial charge in [-0.25, -0.2) is 4.39 Å². The lowest BCUT2D eigenvalue weighted by Gasteiger charge is -2.11. The van der Waals surface area contributed by atoms with Gasteiger partial charge in [-0.15, -0.1) is 0 Å². The van der Waals surface area contributed by atoms with Gasteiger partial charge in [0.05, 0.1) is 15.5 Å². The molecule has 0 atom stereocenters. The van der Waals surface area contributed by atoms with Crippen molar-refractivity contribution in [2.24, 2.45) is 0 Å². The number of halogens is 5. The zero-order chi connectivity index (χ0) is 16.5. The van der Waals surface area contributed by atoms with E-state index in [1.807, 2.05) is 0 Å². The van der Waals surface area contributed by atoms with Crippen LogP contribution < -0.4 is 4.74 Å². The summed E-state index contributed by atoms with van der Waals surface area (Å²) in [5, 5.41) is 10.2. The third-order valence-corrected chi connectivity index (χ3v) is 2.91. The summed E-state index contributed by atoms with van der Waals surface area (Å²) < 4.78 is 55.9. The Morgan fingerprint density at radius 2 is 1.82 bits per heavy atom. The van der Waals surface area contributed by atoms with E-state index in [1.165, 1.54) is 0 Å². The zero-order valence-corrected chi connectivity index (χ0v) is 11.3. The summed E-state index contributed by atoms with van der Waals surface area (Å²) in [5.74, 6) is -1.42. The average Bonchev–Trinajstić information content (AvgIpc) is 2.36. The van der Waals surface area contributed by atoms with E-state index < -0.39 is 38.9 Å². The Morgan fingerprint density at radius 3 is 2.36 bits per heavy atom. The number of benzene rings is 2. The van der Waals surface area contributed by atoms with Crippen molar-refractivity contribution in [3.63, 3.8) is 0 Å². The lowest BCUT2D eigenvalue weighted by molar-refractivity contribution is -0.385. The first-order valence-corrected chi connectivity index (χ1v) is 6.05. The molecule has 0 unspecified atom stereocenters. The fourth-order valence-electron chi connectivity index (χ4n) is 1.64. The standard InChI is InChI=1S/C13H6ClF4NO3/c14-10-6-8(2-3-9(10)13(16,17)18)22-12-5-7(15)1-4-11(12)19(20)21/h1-6H. The Balaban J connectivity index is 2.38. The summed E-state index contributed by atoms with van der Waals surface area (Å²) in [6.07, 6.45) is -4.64. The molecule has 0 aliphatic heterocycles. The van der Waals surface area contributed by atoms with Gasteiger partial charge in [-0.2, -0.15) is 13.2 Å². The van der Waals surface area contributed by atoms with Crippen LogP contribution in [0.2, 0.25) is 5.02 Å². The van der Waals surface area contributed by atoms with Gasteiger partial charge in [-0.1, -0.05) is 11.6 Å². The van der Waals surface area contributed by atoms with Crippen molar-refractivity contribution in [2.45, 2.75) is 6.18 Å². The molecule has 0 aliphatic rings. The molecule has 2 aromatic rings. The first-order chi connectivity index (χ1) is 10.2.